The quantitative estimate of drug-likeness (QED) is 0.786. The number of likely N-dealkylation sites (tertiary alicyclic amines) is 1. The van der Waals surface area contributed by atoms with Crippen LogP contribution in [-0.4, -0.2) is 71.6 Å². The highest BCUT2D eigenvalue weighted by Gasteiger charge is 2.35. The van der Waals surface area contributed by atoms with Gasteiger partial charge in [-0.25, -0.2) is 12.7 Å². The second-order valence-electron chi connectivity index (χ2n) is 6.28. The first-order valence-electron chi connectivity index (χ1n) is 7.66. The van der Waals surface area contributed by atoms with E-state index in [9.17, 15) is 13.5 Å². The second kappa shape index (κ2) is 7.06. The van der Waals surface area contributed by atoms with Crippen LogP contribution in [0.1, 0.15) is 18.2 Å². The van der Waals surface area contributed by atoms with E-state index in [1.54, 1.807) is 11.7 Å². The molecule has 0 unspecified atom stereocenters. The molecule has 0 aromatic carbocycles. The molecule has 1 aliphatic rings. The predicted octanol–water partition coefficient (Wildman–Crippen LogP) is 0.320. The average Bonchev–Trinajstić information content (AvgIpc) is 2.93. The summed E-state index contributed by atoms with van der Waals surface area (Å²) in [4.78, 5) is 2.04. The Bertz CT molecular complexity index is 659. The molecule has 2 atom stereocenters. The zero-order valence-corrected chi connectivity index (χ0v) is 15.6. The highest BCUT2D eigenvalue weighted by atomic mass is 35.5. The molecule has 1 aliphatic heterocycles. The number of halogens is 1. The van der Waals surface area contributed by atoms with E-state index in [1.165, 1.54) is 18.4 Å². The van der Waals surface area contributed by atoms with Crippen molar-refractivity contribution in [2.45, 2.75) is 26.0 Å². The van der Waals surface area contributed by atoms with Gasteiger partial charge in [0.2, 0.25) is 10.0 Å². The molecule has 0 spiro atoms. The van der Waals surface area contributed by atoms with Gasteiger partial charge in [-0.2, -0.15) is 5.10 Å². The van der Waals surface area contributed by atoms with Crippen LogP contribution < -0.4 is 0 Å². The maximum absolute atomic E-state index is 12.0. The number of β-amino-alcohol motifs (C(OH)–C–C–N with tert-alkyl or cyclic N) is 1. The molecule has 0 aliphatic carbocycles. The summed E-state index contributed by atoms with van der Waals surface area (Å²) in [6.07, 6.45) is 0.135. The molecule has 0 amide bonds. The van der Waals surface area contributed by atoms with Crippen LogP contribution in [0.25, 0.3) is 0 Å². The summed E-state index contributed by atoms with van der Waals surface area (Å²) in [5.41, 5.74) is 1.90. The van der Waals surface area contributed by atoms with E-state index in [2.05, 4.69) is 5.10 Å². The molecule has 1 N–H and O–H groups in total. The Hall–Kier alpha value is -0.670. The van der Waals surface area contributed by atoms with Gasteiger partial charge < -0.3 is 5.11 Å². The lowest BCUT2D eigenvalue weighted by atomic mass is 10.1. The summed E-state index contributed by atoms with van der Waals surface area (Å²) in [6.45, 7) is 3.57. The van der Waals surface area contributed by atoms with Crippen molar-refractivity contribution in [1.82, 2.24) is 19.0 Å². The normalized spacial score (nSPS) is 23.1. The molecule has 1 aromatic rings. The van der Waals surface area contributed by atoms with Gasteiger partial charge in [0.05, 0.1) is 17.6 Å². The molecule has 1 fully saturated rings. The minimum Gasteiger partial charge on any atom is -0.391 e. The maximum Gasteiger partial charge on any atom is 0.214 e. The first-order valence-corrected chi connectivity index (χ1v) is 9.65. The van der Waals surface area contributed by atoms with Crippen LogP contribution in [0.5, 0.6) is 0 Å². The lowest BCUT2D eigenvalue weighted by molar-refractivity contribution is 0.148. The van der Waals surface area contributed by atoms with Crippen molar-refractivity contribution in [1.29, 1.82) is 0 Å². The number of nitrogens with zero attached hydrogens (tertiary/aromatic N) is 4. The largest absolute Gasteiger partial charge is 0.391 e. The van der Waals surface area contributed by atoms with E-state index in [1.807, 2.05) is 11.8 Å². The first-order chi connectivity index (χ1) is 10.7. The van der Waals surface area contributed by atoms with Crippen molar-refractivity contribution >= 4 is 21.6 Å². The van der Waals surface area contributed by atoms with Crippen molar-refractivity contribution in [3.05, 3.63) is 16.4 Å². The number of aromatic nitrogens is 2. The van der Waals surface area contributed by atoms with Gasteiger partial charge in [0.25, 0.3) is 0 Å². The van der Waals surface area contributed by atoms with Gasteiger partial charge in [-0.05, 0) is 6.42 Å². The van der Waals surface area contributed by atoms with Crippen molar-refractivity contribution in [3.63, 3.8) is 0 Å². The molecule has 132 valence electrons. The van der Waals surface area contributed by atoms with Crippen LogP contribution in [0.2, 0.25) is 5.15 Å². The Kier molecular flexibility index (Phi) is 5.73. The summed E-state index contributed by atoms with van der Waals surface area (Å²) >= 11 is 6.30. The topological polar surface area (TPSA) is 78.7 Å². The standard InChI is InChI=1S/C14H25ClN4O3S/c1-5-12-11(14(15)18(4)16-12)7-19-6-10(13(20)8-19)9-23(21,22)17(2)3/h10,13,20H,5-9H2,1-4H3/t10-,13+/m0/s1. The van der Waals surface area contributed by atoms with E-state index >= 15 is 0 Å². The van der Waals surface area contributed by atoms with Crippen molar-refractivity contribution in [3.8, 4) is 0 Å². The summed E-state index contributed by atoms with van der Waals surface area (Å²) < 4.78 is 26.9. The van der Waals surface area contributed by atoms with Crippen molar-refractivity contribution < 1.29 is 13.5 Å². The summed E-state index contributed by atoms with van der Waals surface area (Å²) in [7, 11) is 1.50. The number of aliphatic hydroxyl groups excluding tert-OH is 1. The first kappa shape index (κ1) is 18.7. The lowest BCUT2D eigenvalue weighted by Crippen LogP contribution is -2.33. The molecule has 23 heavy (non-hydrogen) atoms. The Morgan fingerprint density at radius 2 is 2.04 bits per heavy atom. The van der Waals surface area contributed by atoms with E-state index < -0.39 is 16.1 Å². The van der Waals surface area contributed by atoms with Gasteiger partial charge in [-0.1, -0.05) is 18.5 Å². The van der Waals surface area contributed by atoms with E-state index in [4.69, 9.17) is 11.6 Å². The van der Waals surface area contributed by atoms with E-state index in [0.29, 0.717) is 24.8 Å². The van der Waals surface area contributed by atoms with Crippen molar-refractivity contribution in [2.75, 3.05) is 32.9 Å². The smallest absolute Gasteiger partial charge is 0.214 e. The van der Waals surface area contributed by atoms with Crippen LogP contribution in [0.3, 0.4) is 0 Å². The Labute approximate surface area is 142 Å². The van der Waals surface area contributed by atoms with Gasteiger partial charge in [-0.3, -0.25) is 9.58 Å². The maximum atomic E-state index is 12.0. The van der Waals surface area contributed by atoms with Gasteiger partial charge in [0, 0.05) is 52.3 Å². The third-order valence-electron chi connectivity index (χ3n) is 4.33. The SMILES string of the molecule is CCc1nn(C)c(Cl)c1CN1C[C@@H](CS(=O)(=O)N(C)C)[C@H](O)C1. The Morgan fingerprint density at radius 3 is 2.61 bits per heavy atom. The van der Waals surface area contributed by atoms with E-state index in [-0.39, 0.29) is 11.7 Å². The summed E-state index contributed by atoms with van der Waals surface area (Å²) in [5.74, 6) is -0.332. The molecule has 0 radical (unpaired) electrons. The van der Waals surface area contributed by atoms with Gasteiger partial charge in [0.1, 0.15) is 5.15 Å². The van der Waals surface area contributed by atoms with Crippen LogP contribution in [0.15, 0.2) is 0 Å². The number of aliphatic hydroxyl groups is 1. The summed E-state index contributed by atoms with van der Waals surface area (Å²) in [5, 5.41) is 15.2. The minimum atomic E-state index is -3.32. The predicted molar refractivity (Wildman–Crippen MR) is 89.8 cm³/mol. The molecule has 7 nitrogen and oxygen atoms in total. The van der Waals surface area contributed by atoms with Gasteiger partial charge >= 0.3 is 0 Å². The third kappa shape index (κ3) is 4.06. The minimum absolute atomic E-state index is 0.0426. The zero-order valence-electron chi connectivity index (χ0n) is 14.0. The molecule has 9 heteroatoms. The fourth-order valence-electron chi connectivity index (χ4n) is 2.92. The third-order valence-corrected chi connectivity index (χ3v) is 6.77. The zero-order chi connectivity index (χ0) is 17.4. The fraction of sp³-hybridized carbons (Fsp3) is 0.786. The molecule has 0 saturated carbocycles. The molecule has 2 heterocycles. The van der Waals surface area contributed by atoms with Crippen LogP contribution in [0.4, 0.5) is 0 Å². The molecular formula is C14H25ClN4O3S. The Balaban J connectivity index is 2.08. The van der Waals surface area contributed by atoms with E-state index in [0.717, 1.165) is 17.7 Å². The summed E-state index contributed by atoms with van der Waals surface area (Å²) in [6, 6.07) is 0. The lowest BCUT2D eigenvalue weighted by Gasteiger charge is -2.18. The monoisotopic (exact) mass is 364 g/mol. The van der Waals surface area contributed by atoms with Gasteiger partial charge in [0.15, 0.2) is 0 Å². The Morgan fingerprint density at radius 1 is 1.39 bits per heavy atom. The second-order valence-corrected chi connectivity index (χ2v) is 8.86. The molecule has 2 rings (SSSR count). The number of hydrogen-bond donors (Lipinski definition) is 1. The molecule has 0 bridgehead atoms. The van der Waals surface area contributed by atoms with Crippen molar-refractivity contribution in [2.24, 2.45) is 13.0 Å². The number of aryl methyl sites for hydroxylation is 2. The average molecular weight is 365 g/mol. The highest BCUT2D eigenvalue weighted by Crippen LogP contribution is 2.26. The number of sulfonamides is 1. The molecule has 1 saturated heterocycles. The highest BCUT2D eigenvalue weighted by molar-refractivity contribution is 7.89. The van der Waals surface area contributed by atoms with Crippen LogP contribution >= 0.6 is 11.6 Å². The number of rotatable bonds is 6. The van der Waals surface area contributed by atoms with Gasteiger partial charge in [-0.15, -0.1) is 0 Å². The molecular weight excluding hydrogens is 340 g/mol. The van der Waals surface area contributed by atoms with Crippen LogP contribution in [-0.2, 0) is 30.0 Å². The fourth-order valence-corrected chi connectivity index (χ4v) is 4.29. The van der Waals surface area contributed by atoms with Crippen LogP contribution in [0, 0.1) is 5.92 Å². The number of hydrogen-bond acceptors (Lipinski definition) is 5. The molecule has 1 aromatic heterocycles.